The fourth-order valence-corrected chi connectivity index (χ4v) is 1.70. The molecule has 0 fully saturated rings. The predicted molar refractivity (Wildman–Crippen MR) is 65.4 cm³/mol. The number of halogens is 2. The van der Waals surface area contributed by atoms with Crippen molar-refractivity contribution in [3.63, 3.8) is 0 Å². The number of rotatable bonds is 3. The van der Waals surface area contributed by atoms with E-state index in [-0.39, 0.29) is 18.2 Å². The Balaban J connectivity index is 2.29. The molecule has 0 aliphatic heterocycles. The number of hydrogen-bond donors (Lipinski definition) is 1. The van der Waals surface area contributed by atoms with Crippen molar-refractivity contribution >= 4 is 21.9 Å². The summed E-state index contributed by atoms with van der Waals surface area (Å²) in [6.07, 6.45) is 0. The van der Waals surface area contributed by atoms with Crippen molar-refractivity contribution in [3.8, 4) is 11.4 Å². The van der Waals surface area contributed by atoms with Gasteiger partial charge in [-0.25, -0.2) is 14.2 Å². The Labute approximate surface area is 111 Å². The predicted octanol–water partition coefficient (Wildman–Crippen LogP) is 2.55. The monoisotopic (exact) mass is 313 g/mol. The summed E-state index contributed by atoms with van der Waals surface area (Å²) in [5, 5.41) is 6.36. The Hall–Kier alpha value is -1.76. The molecule has 0 aliphatic carbocycles. The first-order valence-electron chi connectivity index (χ1n) is 5.16. The fraction of sp³-hybridized carbons (Fsp3) is 0.182. The second kappa shape index (κ2) is 5.26. The summed E-state index contributed by atoms with van der Waals surface area (Å²) in [6.45, 7) is 1.96. The van der Waals surface area contributed by atoms with E-state index in [1.165, 1.54) is 18.2 Å². The van der Waals surface area contributed by atoms with E-state index >= 15 is 0 Å². The normalized spacial score (nSPS) is 10.4. The molecule has 7 heteroatoms. The zero-order chi connectivity index (χ0) is 13.1. The quantitative estimate of drug-likeness (QED) is 0.884. The Bertz CT molecular complexity index is 585. The molecule has 2 aromatic rings. The molecule has 0 atom stereocenters. The van der Waals surface area contributed by atoms with Gasteiger partial charge < -0.3 is 4.74 Å². The molecule has 18 heavy (non-hydrogen) atoms. The van der Waals surface area contributed by atoms with E-state index in [2.05, 4.69) is 31.1 Å². The van der Waals surface area contributed by atoms with Gasteiger partial charge in [-0.2, -0.15) is 5.10 Å². The van der Waals surface area contributed by atoms with Crippen LogP contribution in [0.5, 0.6) is 0 Å². The van der Waals surface area contributed by atoms with E-state index in [0.717, 1.165) is 0 Å². The number of benzene rings is 1. The number of hydrogen-bond acceptors (Lipinski definition) is 4. The first-order chi connectivity index (χ1) is 8.61. The van der Waals surface area contributed by atoms with E-state index < -0.39 is 5.97 Å². The molecule has 0 saturated carbocycles. The lowest BCUT2D eigenvalue weighted by molar-refractivity contribution is 0.0512. The molecule has 0 unspecified atom stereocenters. The average Bonchev–Trinajstić information content (AvgIpc) is 2.82. The van der Waals surface area contributed by atoms with Gasteiger partial charge in [0.15, 0.2) is 5.82 Å². The highest BCUT2D eigenvalue weighted by molar-refractivity contribution is 9.10. The SMILES string of the molecule is CCOC(=O)c1nc(-c2ccc(F)c(Br)c2)n[nH]1. The number of aromatic amines is 1. The molecule has 2 rings (SSSR count). The van der Waals surface area contributed by atoms with Crippen LogP contribution in [-0.4, -0.2) is 27.8 Å². The zero-order valence-corrected chi connectivity index (χ0v) is 11.0. The number of aromatic nitrogens is 3. The van der Waals surface area contributed by atoms with Crippen LogP contribution in [0.2, 0.25) is 0 Å². The second-order valence-electron chi connectivity index (χ2n) is 3.36. The van der Waals surface area contributed by atoms with Gasteiger partial charge in [-0.05, 0) is 41.1 Å². The Kier molecular flexibility index (Phi) is 3.71. The van der Waals surface area contributed by atoms with E-state index in [0.29, 0.717) is 15.9 Å². The standard InChI is InChI=1S/C11H9BrFN3O2/c1-2-18-11(17)10-14-9(15-16-10)6-3-4-8(13)7(12)5-6/h3-5H,2H2,1H3,(H,14,15,16). The lowest BCUT2D eigenvalue weighted by Gasteiger charge is -1.97. The van der Waals surface area contributed by atoms with Crippen LogP contribution in [-0.2, 0) is 4.74 Å². The van der Waals surface area contributed by atoms with Crippen LogP contribution in [0.1, 0.15) is 17.5 Å². The van der Waals surface area contributed by atoms with Crippen LogP contribution in [0, 0.1) is 5.82 Å². The van der Waals surface area contributed by atoms with E-state index in [1.807, 2.05) is 0 Å². The minimum Gasteiger partial charge on any atom is -0.460 e. The Morgan fingerprint density at radius 2 is 2.33 bits per heavy atom. The van der Waals surface area contributed by atoms with Gasteiger partial charge in [-0.1, -0.05) is 0 Å². The van der Waals surface area contributed by atoms with Gasteiger partial charge in [-0.15, -0.1) is 0 Å². The summed E-state index contributed by atoms with van der Waals surface area (Å²) >= 11 is 3.07. The van der Waals surface area contributed by atoms with Gasteiger partial charge in [0, 0.05) is 5.56 Å². The third-order valence-electron chi connectivity index (χ3n) is 2.13. The number of H-pyrrole nitrogens is 1. The average molecular weight is 314 g/mol. The van der Waals surface area contributed by atoms with Crippen LogP contribution >= 0.6 is 15.9 Å². The number of esters is 1. The van der Waals surface area contributed by atoms with Crippen LogP contribution < -0.4 is 0 Å². The maximum atomic E-state index is 13.1. The number of ether oxygens (including phenoxy) is 1. The highest BCUT2D eigenvalue weighted by atomic mass is 79.9. The molecule has 5 nitrogen and oxygen atoms in total. The van der Waals surface area contributed by atoms with Gasteiger partial charge in [0.1, 0.15) is 5.82 Å². The Morgan fingerprint density at radius 1 is 1.56 bits per heavy atom. The third-order valence-corrected chi connectivity index (χ3v) is 2.74. The highest BCUT2D eigenvalue weighted by Gasteiger charge is 2.14. The number of nitrogens with zero attached hydrogens (tertiary/aromatic N) is 2. The molecule has 0 aliphatic rings. The molecule has 1 aromatic carbocycles. The molecule has 0 bridgehead atoms. The lowest BCUT2D eigenvalue weighted by Crippen LogP contribution is -2.06. The molecule has 0 spiro atoms. The molecule has 0 saturated heterocycles. The molecular weight excluding hydrogens is 305 g/mol. The molecule has 0 amide bonds. The molecule has 94 valence electrons. The van der Waals surface area contributed by atoms with Crippen LogP contribution in [0.15, 0.2) is 22.7 Å². The third kappa shape index (κ3) is 2.56. The Morgan fingerprint density at radius 3 is 3.00 bits per heavy atom. The van der Waals surface area contributed by atoms with Crippen molar-refractivity contribution < 1.29 is 13.9 Å². The van der Waals surface area contributed by atoms with Crippen molar-refractivity contribution in [2.45, 2.75) is 6.92 Å². The van der Waals surface area contributed by atoms with Crippen molar-refractivity contribution in [1.29, 1.82) is 0 Å². The largest absolute Gasteiger partial charge is 0.460 e. The maximum absolute atomic E-state index is 13.1. The molecular formula is C11H9BrFN3O2. The van der Waals surface area contributed by atoms with E-state index in [1.54, 1.807) is 6.92 Å². The zero-order valence-electron chi connectivity index (χ0n) is 9.41. The second-order valence-corrected chi connectivity index (χ2v) is 4.21. The van der Waals surface area contributed by atoms with E-state index in [4.69, 9.17) is 4.74 Å². The molecule has 0 radical (unpaired) electrons. The number of nitrogens with one attached hydrogen (secondary N) is 1. The topological polar surface area (TPSA) is 67.9 Å². The minimum absolute atomic E-state index is 0.0206. The van der Waals surface area contributed by atoms with Crippen molar-refractivity contribution in [3.05, 3.63) is 34.3 Å². The van der Waals surface area contributed by atoms with E-state index in [9.17, 15) is 9.18 Å². The summed E-state index contributed by atoms with van der Waals surface area (Å²) in [5.74, 6) is -0.622. The smallest absolute Gasteiger partial charge is 0.375 e. The van der Waals surface area contributed by atoms with Crippen molar-refractivity contribution in [2.24, 2.45) is 0 Å². The van der Waals surface area contributed by atoms with Gasteiger partial charge in [0.25, 0.3) is 0 Å². The first-order valence-corrected chi connectivity index (χ1v) is 5.96. The highest BCUT2D eigenvalue weighted by Crippen LogP contribution is 2.22. The van der Waals surface area contributed by atoms with Gasteiger partial charge in [0.05, 0.1) is 11.1 Å². The maximum Gasteiger partial charge on any atom is 0.375 e. The summed E-state index contributed by atoms with van der Waals surface area (Å²) in [7, 11) is 0. The molecule has 1 N–H and O–H groups in total. The van der Waals surface area contributed by atoms with Gasteiger partial charge in [0.2, 0.25) is 5.82 Å². The first kappa shape index (κ1) is 12.7. The van der Waals surface area contributed by atoms with Gasteiger partial charge >= 0.3 is 5.97 Å². The van der Waals surface area contributed by atoms with Crippen LogP contribution in [0.3, 0.4) is 0 Å². The van der Waals surface area contributed by atoms with Crippen LogP contribution in [0.25, 0.3) is 11.4 Å². The molecule has 1 aromatic heterocycles. The number of carbonyl (C=O) groups excluding carboxylic acids is 1. The van der Waals surface area contributed by atoms with Crippen molar-refractivity contribution in [2.75, 3.05) is 6.61 Å². The summed E-state index contributed by atoms with van der Waals surface area (Å²) in [6, 6.07) is 4.35. The fourth-order valence-electron chi connectivity index (χ4n) is 1.32. The summed E-state index contributed by atoms with van der Waals surface area (Å²) in [5.41, 5.74) is 0.593. The minimum atomic E-state index is -0.572. The van der Waals surface area contributed by atoms with Gasteiger partial charge in [-0.3, -0.25) is 5.10 Å². The van der Waals surface area contributed by atoms with Crippen molar-refractivity contribution in [1.82, 2.24) is 15.2 Å². The summed E-state index contributed by atoms with van der Waals surface area (Å²) < 4.78 is 18.2. The lowest BCUT2D eigenvalue weighted by atomic mass is 10.2. The molecule has 1 heterocycles. The van der Waals surface area contributed by atoms with Crippen LogP contribution in [0.4, 0.5) is 4.39 Å². The number of carbonyl (C=O) groups is 1. The summed E-state index contributed by atoms with van der Waals surface area (Å²) in [4.78, 5) is 15.4.